The molecular formula is C18H30O4Si. The number of hydrogen-bond donors (Lipinski definition) is 1. The van der Waals surface area contributed by atoms with Gasteiger partial charge in [0, 0.05) is 6.42 Å². The van der Waals surface area contributed by atoms with Crippen molar-refractivity contribution in [3.8, 4) is 5.75 Å². The molecule has 0 unspecified atom stereocenters. The molecule has 5 heteroatoms. The SMILES string of the molecule is CC(C)OC(=O)[C@H](Cc1ccc(O)cc1)O[Si](C)(C)C(C)(C)C. The fraction of sp³-hybridized carbons (Fsp3) is 0.611. The number of benzene rings is 1. The van der Waals surface area contributed by atoms with Crippen LogP contribution < -0.4 is 0 Å². The number of aromatic hydroxyl groups is 1. The van der Waals surface area contributed by atoms with Gasteiger partial charge in [-0.3, -0.25) is 0 Å². The molecule has 4 nitrogen and oxygen atoms in total. The van der Waals surface area contributed by atoms with Crippen LogP contribution in [0.15, 0.2) is 24.3 Å². The van der Waals surface area contributed by atoms with E-state index in [4.69, 9.17) is 9.16 Å². The highest BCUT2D eigenvalue weighted by molar-refractivity contribution is 6.74. The molecule has 1 aromatic carbocycles. The van der Waals surface area contributed by atoms with E-state index in [1.165, 1.54) is 0 Å². The van der Waals surface area contributed by atoms with Gasteiger partial charge in [0.2, 0.25) is 0 Å². The predicted molar refractivity (Wildman–Crippen MR) is 95.1 cm³/mol. The fourth-order valence-corrected chi connectivity index (χ4v) is 3.10. The van der Waals surface area contributed by atoms with E-state index in [2.05, 4.69) is 33.9 Å². The van der Waals surface area contributed by atoms with Gasteiger partial charge < -0.3 is 14.3 Å². The number of hydrogen-bond acceptors (Lipinski definition) is 4. The van der Waals surface area contributed by atoms with Crippen LogP contribution in [0.25, 0.3) is 0 Å². The lowest BCUT2D eigenvalue weighted by Gasteiger charge is -2.38. The smallest absolute Gasteiger partial charge is 0.334 e. The summed E-state index contributed by atoms with van der Waals surface area (Å²) in [6.45, 7) is 14.3. The van der Waals surface area contributed by atoms with E-state index < -0.39 is 14.4 Å². The van der Waals surface area contributed by atoms with Crippen LogP contribution in [-0.2, 0) is 20.4 Å². The van der Waals surface area contributed by atoms with Gasteiger partial charge in [0.1, 0.15) is 11.9 Å². The van der Waals surface area contributed by atoms with Gasteiger partial charge in [-0.25, -0.2) is 4.79 Å². The van der Waals surface area contributed by atoms with Crippen molar-refractivity contribution in [2.75, 3.05) is 0 Å². The average molecular weight is 339 g/mol. The van der Waals surface area contributed by atoms with Crippen LogP contribution in [0.1, 0.15) is 40.2 Å². The first-order chi connectivity index (χ1) is 10.4. The number of rotatable bonds is 6. The topological polar surface area (TPSA) is 55.8 Å². The van der Waals surface area contributed by atoms with Crippen molar-refractivity contribution in [1.29, 1.82) is 0 Å². The van der Waals surface area contributed by atoms with Gasteiger partial charge in [0.25, 0.3) is 0 Å². The normalized spacial score (nSPS) is 13.9. The molecule has 0 fully saturated rings. The van der Waals surface area contributed by atoms with Gasteiger partial charge in [0.15, 0.2) is 8.32 Å². The van der Waals surface area contributed by atoms with Gasteiger partial charge in [-0.2, -0.15) is 0 Å². The first-order valence-corrected chi connectivity index (χ1v) is 11.0. The third-order valence-corrected chi connectivity index (χ3v) is 8.70. The zero-order valence-electron chi connectivity index (χ0n) is 15.3. The molecule has 0 aliphatic carbocycles. The van der Waals surface area contributed by atoms with E-state index in [0.29, 0.717) is 6.42 Å². The highest BCUT2D eigenvalue weighted by Gasteiger charge is 2.41. The predicted octanol–water partition coefficient (Wildman–Crippen LogP) is 4.28. The number of carbonyl (C=O) groups excluding carboxylic acids is 1. The molecule has 0 spiro atoms. The number of phenolic OH excluding ortho intramolecular Hbond substituents is 1. The quantitative estimate of drug-likeness (QED) is 0.621. The molecule has 0 amide bonds. The standard InChI is InChI=1S/C18H30O4Si/c1-13(2)21-17(20)16(22-23(6,7)18(3,4)5)12-14-8-10-15(19)11-9-14/h8-11,13,16,19H,12H2,1-7H3/t16-/m0/s1. The van der Waals surface area contributed by atoms with E-state index in [-0.39, 0.29) is 22.9 Å². The van der Waals surface area contributed by atoms with Gasteiger partial charge in [-0.15, -0.1) is 0 Å². The third-order valence-electron chi connectivity index (χ3n) is 4.22. The van der Waals surface area contributed by atoms with Crippen molar-refractivity contribution >= 4 is 14.3 Å². The monoisotopic (exact) mass is 338 g/mol. The molecule has 0 saturated carbocycles. The van der Waals surface area contributed by atoms with E-state index in [0.717, 1.165) is 5.56 Å². The summed E-state index contributed by atoms with van der Waals surface area (Å²) in [6, 6.07) is 6.85. The Morgan fingerprint density at radius 3 is 2.13 bits per heavy atom. The van der Waals surface area contributed by atoms with Gasteiger partial charge in [0.05, 0.1) is 6.10 Å². The molecule has 0 aliphatic heterocycles. The molecule has 0 saturated heterocycles. The molecule has 1 N–H and O–H groups in total. The minimum Gasteiger partial charge on any atom is -0.508 e. The van der Waals surface area contributed by atoms with Crippen LogP contribution in [0, 0.1) is 0 Å². The Morgan fingerprint density at radius 1 is 1.17 bits per heavy atom. The van der Waals surface area contributed by atoms with Crippen LogP contribution in [-0.4, -0.2) is 31.6 Å². The summed E-state index contributed by atoms with van der Waals surface area (Å²) in [6.07, 6.45) is -0.353. The van der Waals surface area contributed by atoms with Crippen molar-refractivity contribution in [2.45, 2.75) is 71.4 Å². The molecule has 130 valence electrons. The first-order valence-electron chi connectivity index (χ1n) is 8.08. The summed E-state index contributed by atoms with van der Waals surface area (Å²) in [5.74, 6) is -0.113. The number of phenols is 1. The second-order valence-corrected chi connectivity index (χ2v) is 12.5. The molecule has 23 heavy (non-hydrogen) atoms. The highest BCUT2D eigenvalue weighted by atomic mass is 28.4. The molecule has 1 atom stereocenters. The van der Waals surface area contributed by atoms with Crippen molar-refractivity contribution < 1.29 is 19.1 Å². The summed E-state index contributed by atoms with van der Waals surface area (Å²) in [7, 11) is -2.10. The zero-order valence-corrected chi connectivity index (χ0v) is 16.3. The van der Waals surface area contributed by atoms with E-state index >= 15 is 0 Å². The van der Waals surface area contributed by atoms with E-state index in [1.54, 1.807) is 24.3 Å². The maximum absolute atomic E-state index is 12.5. The van der Waals surface area contributed by atoms with Crippen molar-refractivity contribution in [1.82, 2.24) is 0 Å². The number of carbonyl (C=O) groups is 1. The summed E-state index contributed by atoms with van der Waals surface area (Å²) < 4.78 is 11.7. The molecule has 0 heterocycles. The minimum absolute atomic E-state index is 0.0122. The Morgan fingerprint density at radius 2 is 1.70 bits per heavy atom. The molecule has 0 bridgehead atoms. The van der Waals surface area contributed by atoms with Crippen molar-refractivity contribution in [2.24, 2.45) is 0 Å². The Labute approximate surface area is 140 Å². The summed E-state index contributed by atoms with van der Waals surface area (Å²) in [4.78, 5) is 12.5. The number of esters is 1. The Balaban J connectivity index is 2.97. The maximum Gasteiger partial charge on any atom is 0.334 e. The summed E-state index contributed by atoms with van der Waals surface area (Å²) in [5.41, 5.74) is 0.937. The van der Waals surface area contributed by atoms with Crippen LogP contribution >= 0.6 is 0 Å². The Hall–Kier alpha value is -1.33. The number of ether oxygens (including phenoxy) is 1. The molecule has 0 aromatic heterocycles. The minimum atomic E-state index is -2.10. The lowest BCUT2D eigenvalue weighted by molar-refractivity contribution is -0.156. The van der Waals surface area contributed by atoms with Gasteiger partial charge in [-0.1, -0.05) is 32.9 Å². The fourth-order valence-electron chi connectivity index (χ4n) is 1.86. The molecule has 1 aromatic rings. The Kier molecular flexibility index (Phi) is 6.42. The second kappa shape index (κ2) is 7.49. The van der Waals surface area contributed by atoms with E-state index in [9.17, 15) is 9.90 Å². The second-order valence-electron chi connectivity index (χ2n) is 7.72. The summed E-state index contributed by atoms with van der Waals surface area (Å²) >= 11 is 0. The van der Waals surface area contributed by atoms with Crippen molar-refractivity contribution in [3.63, 3.8) is 0 Å². The van der Waals surface area contributed by atoms with Crippen LogP contribution in [0.5, 0.6) is 5.75 Å². The van der Waals surface area contributed by atoms with Crippen LogP contribution in [0.3, 0.4) is 0 Å². The maximum atomic E-state index is 12.5. The lowest BCUT2D eigenvalue weighted by Crippen LogP contribution is -2.47. The van der Waals surface area contributed by atoms with Crippen LogP contribution in [0.4, 0.5) is 0 Å². The van der Waals surface area contributed by atoms with Crippen LogP contribution in [0.2, 0.25) is 18.1 Å². The van der Waals surface area contributed by atoms with Crippen molar-refractivity contribution in [3.05, 3.63) is 29.8 Å². The Bertz CT molecular complexity index is 515. The van der Waals surface area contributed by atoms with Gasteiger partial charge in [-0.05, 0) is 49.7 Å². The lowest BCUT2D eigenvalue weighted by atomic mass is 10.1. The average Bonchev–Trinajstić information content (AvgIpc) is 2.38. The third kappa shape index (κ3) is 5.99. The summed E-state index contributed by atoms with van der Waals surface area (Å²) in [5, 5.41) is 9.41. The largest absolute Gasteiger partial charge is 0.508 e. The molecule has 0 radical (unpaired) electrons. The highest BCUT2D eigenvalue weighted by Crippen LogP contribution is 2.37. The molecule has 1 rings (SSSR count). The first kappa shape index (κ1) is 19.7. The zero-order chi connectivity index (χ0) is 17.8. The molecule has 0 aliphatic rings. The molecular weight excluding hydrogens is 308 g/mol. The van der Waals surface area contributed by atoms with E-state index in [1.807, 2.05) is 13.8 Å². The van der Waals surface area contributed by atoms with Gasteiger partial charge >= 0.3 is 5.97 Å².